The first-order chi connectivity index (χ1) is 8.63. The minimum absolute atomic E-state index is 0.0169. The monoisotopic (exact) mass is 260 g/mol. The third-order valence-electron chi connectivity index (χ3n) is 2.86. The number of amides is 1. The van der Waals surface area contributed by atoms with Gasteiger partial charge in [-0.25, -0.2) is 0 Å². The molecule has 2 aromatic rings. The topological polar surface area (TPSA) is 32.3 Å². The number of thiophene rings is 1. The number of rotatable bonds is 3. The molecule has 0 spiro atoms. The van der Waals surface area contributed by atoms with Crippen LogP contribution in [0.5, 0.6) is 0 Å². The van der Waals surface area contributed by atoms with Gasteiger partial charge in [0.25, 0.3) is 5.91 Å². The first-order valence-electron chi connectivity index (χ1n) is 5.73. The SMILES string of the molecule is CNc1ccc(C(=O)N(C)c2sccc2C)cc1. The van der Waals surface area contributed by atoms with Gasteiger partial charge in [-0.05, 0) is 48.2 Å². The van der Waals surface area contributed by atoms with E-state index >= 15 is 0 Å². The number of hydrogen-bond donors (Lipinski definition) is 1. The molecule has 0 fully saturated rings. The zero-order valence-corrected chi connectivity index (χ0v) is 11.5. The molecule has 0 radical (unpaired) electrons. The second kappa shape index (κ2) is 5.23. The van der Waals surface area contributed by atoms with Crippen LogP contribution in [-0.2, 0) is 0 Å². The van der Waals surface area contributed by atoms with Gasteiger partial charge in [-0.1, -0.05) is 0 Å². The maximum atomic E-state index is 12.3. The second-order valence-corrected chi connectivity index (χ2v) is 4.99. The van der Waals surface area contributed by atoms with Gasteiger partial charge in [-0.3, -0.25) is 4.79 Å². The van der Waals surface area contributed by atoms with Crippen LogP contribution in [0.2, 0.25) is 0 Å². The summed E-state index contributed by atoms with van der Waals surface area (Å²) in [6, 6.07) is 9.51. The smallest absolute Gasteiger partial charge is 0.258 e. The molecule has 0 aliphatic rings. The molecule has 0 aliphatic carbocycles. The van der Waals surface area contributed by atoms with E-state index in [1.165, 1.54) is 0 Å². The lowest BCUT2D eigenvalue weighted by Crippen LogP contribution is -2.25. The summed E-state index contributed by atoms with van der Waals surface area (Å²) < 4.78 is 0. The number of carbonyl (C=O) groups is 1. The van der Waals surface area contributed by atoms with Crippen molar-refractivity contribution in [3.05, 3.63) is 46.8 Å². The highest BCUT2D eigenvalue weighted by atomic mass is 32.1. The van der Waals surface area contributed by atoms with Gasteiger partial charge in [0.2, 0.25) is 0 Å². The Morgan fingerprint density at radius 1 is 1.22 bits per heavy atom. The largest absolute Gasteiger partial charge is 0.388 e. The maximum absolute atomic E-state index is 12.3. The molecule has 1 aromatic carbocycles. The van der Waals surface area contributed by atoms with Crippen molar-refractivity contribution >= 4 is 27.9 Å². The fourth-order valence-electron chi connectivity index (χ4n) is 1.77. The lowest BCUT2D eigenvalue weighted by molar-refractivity contribution is 0.0993. The molecule has 0 bridgehead atoms. The first kappa shape index (κ1) is 12.6. The van der Waals surface area contributed by atoms with E-state index in [2.05, 4.69) is 5.32 Å². The quantitative estimate of drug-likeness (QED) is 0.917. The first-order valence-corrected chi connectivity index (χ1v) is 6.61. The van der Waals surface area contributed by atoms with Crippen LogP contribution in [0, 0.1) is 6.92 Å². The highest BCUT2D eigenvalue weighted by Crippen LogP contribution is 2.27. The summed E-state index contributed by atoms with van der Waals surface area (Å²) in [4.78, 5) is 14.0. The van der Waals surface area contributed by atoms with Crippen molar-refractivity contribution in [2.24, 2.45) is 0 Å². The summed E-state index contributed by atoms with van der Waals surface area (Å²) in [6.45, 7) is 2.01. The van der Waals surface area contributed by atoms with E-state index in [-0.39, 0.29) is 5.91 Å². The number of benzene rings is 1. The van der Waals surface area contributed by atoms with Gasteiger partial charge in [0.15, 0.2) is 0 Å². The van der Waals surface area contributed by atoms with E-state index in [4.69, 9.17) is 0 Å². The summed E-state index contributed by atoms with van der Waals surface area (Å²) in [5.74, 6) is 0.0169. The van der Waals surface area contributed by atoms with Crippen molar-refractivity contribution in [3.8, 4) is 0 Å². The van der Waals surface area contributed by atoms with Crippen molar-refractivity contribution < 1.29 is 4.79 Å². The van der Waals surface area contributed by atoms with Crippen molar-refractivity contribution in [1.29, 1.82) is 0 Å². The molecule has 2 rings (SSSR count). The lowest BCUT2D eigenvalue weighted by Gasteiger charge is -2.16. The van der Waals surface area contributed by atoms with Gasteiger partial charge in [0, 0.05) is 25.3 Å². The molecule has 0 aliphatic heterocycles. The Bertz CT molecular complexity index is 545. The van der Waals surface area contributed by atoms with Crippen molar-refractivity contribution in [3.63, 3.8) is 0 Å². The highest BCUT2D eigenvalue weighted by molar-refractivity contribution is 7.14. The molecule has 0 saturated heterocycles. The molecule has 1 aromatic heterocycles. The standard InChI is InChI=1S/C14H16N2OS/c1-10-8-9-18-14(10)16(3)13(17)11-4-6-12(15-2)7-5-11/h4-9,15H,1-3H3. The average Bonchev–Trinajstić information content (AvgIpc) is 2.83. The van der Waals surface area contributed by atoms with Crippen LogP contribution in [0.1, 0.15) is 15.9 Å². The normalized spacial score (nSPS) is 10.2. The summed E-state index contributed by atoms with van der Waals surface area (Å²) in [7, 11) is 3.67. The van der Waals surface area contributed by atoms with Gasteiger partial charge in [-0.2, -0.15) is 0 Å². The fraction of sp³-hybridized carbons (Fsp3) is 0.214. The van der Waals surface area contributed by atoms with Crippen LogP contribution < -0.4 is 10.2 Å². The second-order valence-electron chi connectivity index (χ2n) is 4.10. The summed E-state index contributed by atoms with van der Waals surface area (Å²) >= 11 is 1.58. The molecular weight excluding hydrogens is 244 g/mol. The number of hydrogen-bond acceptors (Lipinski definition) is 3. The van der Waals surface area contributed by atoms with E-state index in [1.54, 1.807) is 16.2 Å². The Balaban J connectivity index is 2.23. The van der Waals surface area contributed by atoms with Crippen LogP contribution in [0.3, 0.4) is 0 Å². The predicted molar refractivity (Wildman–Crippen MR) is 77.8 cm³/mol. The van der Waals surface area contributed by atoms with Crippen LogP contribution in [-0.4, -0.2) is 20.0 Å². The minimum Gasteiger partial charge on any atom is -0.388 e. The predicted octanol–water partition coefficient (Wildman–Crippen LogP) is 3.37. The van der Waals surface area contributed by atoms with Crippen molar-refractivity contribution in [2.75, 3.05) is 24.3 Å². The van der Waals surface area contributed by atoms with Crippen LogP contribution in [0.4, 0.5) is 10.7 Å². The number of anilines is 2. The van der Waals surface area contributed by atoms with E-state index in [0.29, 0.717) is 5.56 Å². The summed E-state index contributed by atoms with van der Waals surface area (Å²) in [5, 5.41) is 6.03. The molecular formula is C14H16N2OS. The van der Waals surface area contributed by atoms with Crippen molar-refractivity contribution in [1.82, 2.24) is 0 Å². The van der Waals surface area contributed by atoms with E-state index in [1.807, 2.05) is 56.7 Å². The van der Waals surface area contributed by atoms with Gasteiger partial charge < -0.3 is 10.2 Å². The Kier molecular flexibility index (Phi) is 3.67. The van der Waals surface area contributed by atoms with E-state index < -0.39 is 0 Å². The molecule has 0 atom stereocenters. The van der Waals surface area contributed by atoms with Gasteiger partial charge in [0.05, 0.1) is 0 Å². The maximum Gasteiger partial charge on any atom is 0.258 e. The Labute approximate surface area is 111 Å². The van der Waals surface area contributed by atoms with Gasteiger partial charge >= 0.3 is 0 Å². The third kappa shape index (κ3) is 2.38. The Morgan fingerprint density at radius 2 is 1.89 bits per heavy atom. The highest BCUT2D eigenvalue weighted by Gasteiger charge is 2.15. The molecule has 1 N–H and O–H groups in total. The summed E-state index contributed by atoms with van der Waals surface area (Å²) in [5.41, 5.74) is 2.83. The Morgan fingerprint density at radius 3 is 2.39 bits per heavy atom. The molecule has 4 heteroatoms. The fourth-order valence-corrected chi connectivity index (χ4v) is 2.67. The van der Waals surface area contributed by atoms with Crippen LogP contribution in [0.25, 0.3) is 0 Å². The minimum atomic E-state index is 0.0169. The van der Waals surface area contributed by atoms with Crippen LogP contribution >= 0.6 is 11.3 Å². The number of aryl methyl sites for hydroxylation is 1. The average molecular weight is 260 g/mol. The molecule has 3 nitrogen and oxygen atoms in total. The molecule has 1 amide bonds. The zero-order valence-electron chi connectivity index (χ0n) is 10.7. The van der Waals surface area contributed by atoms with E-state index in [9.17, 15) is 4.79 Å². The van der Waals surface area contributed by atoms with Crippen molar-refractivity contribution in [2.45, 2.75) is 6.92 Å². The summed E-state index contributed by atoms with van der Waals surface area (Å²) in [6.07, 6.45) is 0. The zero-order chi connectivity index (χ0) is 13.1. The number of carbonyl (C=O) groups excluding carboxylic acids is 1. The van der Waals surface area contributed by atoms with E-state index in [0.717, 1.165) is 16.3 Å². The lowest BCUT2D eigenvalue weighted by atomic mass is 10.2. The molecule has 0 saturated carbocycles. The number of nitrogens with zero attached hydrogens (tertiary/aromatic N) is 1. The molecule has 0 unspecified atom stereocenters. The van der Waals surface area contributed by atoms with Gasteiger partial charge in [0.1, 0.15) is 5.00 Å². The Hall–Kier alpha value is -1.81. The molecule has 18 heavy (non-hydrogen) atoms. The van der Waals surface area contributed by atoms with Gasteiger partial charge in [-0.15, -0.1) is 11.3 Å². The number of nitrogens with one attached hydrogen (secondary N) is 1. The third-order valence-corrected chi connectivity index (χ3v) is 3.96. The molecule has 1 heterocycles. The molecule has 94 valence electrons. The van der Waals surface area contributed by atoms with Crippen LogP contribution in [0.15, 0.2) is 35.7 Å².